The zero-order chi connectivity index (χ0) is 12.5. The number of aromatic nitrogens is 3. The molecule has 0 radical (unpaired) electrons. The second-order valence-corrected chi connectivity index (χ2v) is 4.16. The summed E-state index contributed by atoms with van der Waals surface area (Å²) in [5.41, 5.74) is 7.53. The molecular formula is C13H12N4O. The fourth-order valence-corrected chi connectivity index (χ4v) is 1.75. The Balaban J connectivity index is 2.07. The highest BCUT2D eigenvalue weighted by Crippen LogP contribution is 2.22. The lowest BCUT2D eigenvalue weighted by Gasteiger charge is -1.98. The van der Waals surface area contributed by atoms with E-state index in [2.05, 4.69) is 15.1 Å². The van der Waals surface area contributed by atoms with Gasteiger partial charge < -0.3 is 10.3 Å². The number of pyridine rings is 1. The van der Waals surface area contributed by atoms with Gasteiger partial charge >= 0.3 is 0 Å². The minimum Gasteiger partial charge on any atom is -0.337 e. The lowest BCUT2D eigenvalue weighted by atomic mass is 10.1. The van der Waals surface area contributed by atoms with Crippen molar-refractivity contribution in [2.24, 2.45) is 5.73 Å². The normalized spacial score (nSPS) is 12.8. The molecule has 2 aromatic heterocycles. The molecular weight excluding hydrogens is 228 g/mol. The van der Waals surface area contributed by atoms with Gasteiger partial charge in [-0.1, -0.05) is 11.2 Å². The van der Waals surface area contributed by atoms with Crippen molar-refractivity contribution >= 4 is 10.9 Å². The minimum atomic E-state index is -0.256. The van der Waals surface area contributed by atoms with Crippen LogP contribution in [0, 0.1) is 0 Å². The Bertz CT molecular complexity index is 690. The lowest BCUT2D eigenvalue weighted by Crippen LogP contribution is -2.04. The van der Waals surface area contributed by atoms with Crippen LogP contribution in [0.5, 0.6) is 0 Å². The molecule has 3 rings (SSSR count). The summed E-state index contributed by atoms with van der Waals surface area (Å²) in [5, 5.41) is 4.97. The molecule has 2 heterocycles. The molecule has 1 unspecified atom stereocenters. The molecule has 0 saturated carbocycles. The van der Waals surface area contributed by atoms with Crippen molar-refractivity contribution in [2.75, 3.05) is 0 Å². The first-order valence-electron chi connectivity index (χ1n) is 5.68. The van der Waals surface area contributed by atoms with E-state index in [1.165, 1.54) is 0 Å². The number of benzene rings is 1. The van der Waals surface area contributed by atoms with E-state index in [1.807, 2.05) is 37.3 Å². The molecule has 5 heteroatoms. The second kappa shape index (κ2) is 4.19. The predicted molar refractivity (Wildman–Crippen MR) is 67.6 cm³/mol. The zero-order valence-electron chi connectivity index (χ0n) is 9.87. The topological polar surface area (TPSA) is 77.8 Å². The monoisotopic (exact) mass is 240 g/mol. The van der Waals surface area contributed by atoms with E-state index in [9.17, 15) is 0 Å². The predicted octanol–water partition coefficient (Wildman–Crippen LogP) is 2.30. The van der Waals surface area contributed by atoms with Gasteiger partial charge in [0.15, 0.2) is 0 Å². The third-order valence-corrected chi connectivity index (χ3v) is 2.69. The van der Waals surface area contributed by atoms with Crippen molar-refractivity contribution in [1.82, 2.24) is 15.1 Å². The fraction of sp³-hybridized carbons (Fsp3) is 0.154. The van der Waals surface area contributed by atoms with E-state index >= 15 is 0 Å². The molecule has 0 saturated heterocycles. The van der Waals surface area contributed by atoms with E-state index in [0.29, 0.717) is 11.7 Å². The molecule has 0 spiro atoms. The van der Waals surface area contributed by atoms with Crippen molar-refractivity contribution in [3.05, 3.63) is 42.4 Å². The van der Waals surface area contributed by atoms with Crippen LogP contribution in [0.3, 0.4) is 0 Å². The molecule has 0 bridgehead atoms. The van der Waals surface area contributed by atoms with Crippen LogP contribution in [0.1, 0.15) is 18.9 Å². The van der Waals surface area contributed by atoms with Gasteiger partial charge in [0.05, 0.1) is 11.6 Å². The molecule has 18 heavy (non-hydrogen) atoms. The number of rotatable bonds is 2. The van der Waals surface area contributed by atoms with Gasteiger partial charge in [-0.3, -0.25) is 4.98 Å². The van der Waals surface area contributed by atoms with Crippen LogP contribution in [-0.4, -0.2) is 15.1 Å². The Kier molecular flexibility index (Phi) is 2.53. The van der Waals surface area contributed by atoms with Crippen LogP contribution in [0.4, 0.5) is 0 Å². The Morgan fingerprint density at radius 3 is 2.94 bits per heavy atom. The van der Waals surface area contributed by atoms with Gasteiger partial charge in [-0.25, -0.2) is 0 Å². The van der Waals surface area contributed by atoms with Crippen LogP contribution in [0.2, 0.25) is 0 Å². The zero-order valence-corrected chi connectivity index (χ0v) is 9.87. The second-order valence-electron chi connectivity index (χ2n) is 4.16. The van der Waals surface area contributed by atoms with Gasteiger partial charge in [-0.15, -0.1) is 0 Å². The van der Waals surface area contributed by atoms with E-state index in [-0.39, 0.29) is 6.04 Å². The largest absolute Gasteiger partial charge is 0.337 e. The maximum atomic E-state index is 5.69. The number of nitrogens with two attached hydrogens (primary N) is 1. The summed E-state index contributed by atoms with van der Waals surface area (Å²) in [6.45, 7) is 1.81. The molecule has 0 fully saturated rings. The molecule has 1 aromatic carbocycles. The Morgan fingerprint density at radius 1 is 1.28 bits per heavy atom. The molecule has 5 nitrogen and oxygen atoms in total. The average Bonchev–Trinajstić information content (AvgIpc) is 2.88. The van der Waals surface area contributed by atoms with Crippen LogP contribution >= 0.6 is 0 Å². The van der Waals surface area contributed by atoms with Crippen molar-refractivity contribution in [3.8, 4) is 11.4 Å². The van der Waals surface area contributed by atoms with Gasteiger partial charge in [-0.2, -0.15) is 4.98 Å². The third kappa shape index (κ3) is 1.84. The smallest absolute Gasteiger partial charge is 0.243 e. The quantitative estimate of drug-likeness (QED) is 0.743. The Hall–Kier alpha value is -2.27. The number of hydrogen-bond donors (Lipinski definition) is 1. The number of hydrogen-bond acceptors (Lipinski definition) is 5. The third-order valence-electron chi connectivity index (χ3n) is 2.69. The van der Waals surface area contributed by atoms with Crippen LogP contribution < -0.4 is 5.73 Å². The van der Waals surface area contributed by atoms with E-state index in [1.54, 1.807) is 6.20 Å². The van der Waals surface area contributed by atoms with Crippen molar-refractivity contribution < 1.29 is 4.52 Å². The molecule has 0 amide bonds. The molecule has 1 atom stereocenters. The van der Waals surface area contributed by atoms with E-state index in [4.69, 9.17) is 10.3 Å². The number of nitrogens with zero attached hydrogens (tertiary/aromatic N) is 3. The molecule has 90 valence electrons. The number of fused-ring (bicyclic) bond motifs is 1. The molecule has 3 aromatic rings. The van der Waals surface area contributed by atoms with Gasteiger partial charge in [0.2, 0.25) is 11.7 Å². The molecule has 2 N–H and O–H groups in total. The lowest BCUT2D eigenvalue weighted by molar-refractivity contribution is 0.362. The Morgan fingerprint density at radius 2 is 2.17 bits per heavy atom. The Labute approximate surface area is 104 Å². The first kappa shape index (κ1) is 10.9. The summed E-state index contributed by atoms with van der Waals surface area (Å²) < 4.78 is 5.09. The first-order chi connectivity index (χ1) is 8.74. The minimum absolute atomic E-state index is 0.256. The van der Waals surface area contributed by atoms with E-state index < -0.39 is 0 Å². The maximum Gasteiger partial charge on any atom is 0.243 e. The maximum absolute atomic E-state index is 5.69. The van der Waals surface area contributed by atoms with Gasteiger partial charge in [0.25, 0.3) is 0 Å². The summed E-state index contributed by atoms with van der Waals surface area (Å²) in [7, 11) is 0. The van der Waals surface area contributed by atoms with Crippen molar-refractivity contribution in [2.45, 2.75) is 13.0 Å². The van der Waals surface area contributed by atoms with Crippen LogP contribution in [-0.2, 0) is 0 Å². The highest BCUT2D eigenvalue weighted by molar-refractivity contribution is 5.82. The van der Waals surface area contributed by atoms with Crippen LogP contribution in [0.25, 0.3) is 22.3 Å². The van der Waals surface area contributed by atoms with Gasteiger partial charge in [0.1, 0.15) is 0 Å². The summed E-state index contributed by atoms with van der Waals surface area (Å²) in [6, 6.07) is 9.48. The van der Waals surface area contributed by atoms with Crippen molar-refractivity contribution in [1.29, 1.82) is 0 Å². The fourth-order valence-electron chi connectivity index (χ4n) is 1.75. The summed E-state index contributed by atoms with van der Waals surface area (Å²) in [5.74, 6) is 0.990. The summed E-state index contributed by atoms with van der Waals surface area (Å²) in [6.07, 6.45) is 1.77. The SMILES string of the molecule is CC(N)c1nc(-c2ccc3ncccc3c2)no1. The highest BCUT2D eigenvalue weighted by atomic mass is 16.5. The standard InChI is InChI=1S/C13H12N4O/c1-8(14)13-16-12(17-18-13)10-4-5-11-9(7-10)3-2-6-15-11/h2-8H,14H2,1H3. The summed E-state index contributed by atoms with van der Waals surface area (Å²) >= 11 is 0. The molecule has 0 aliphatic rings. The van der Waals surface area contributed by atoms with E-state index in [0.717, 1.165) is 16.5 Å². The first-order valence-corrected chi connectivity index (χ1v) is 5.68. The van der Waals surface area contributed by atoms with Crippen LogP contribution in [0.15, 0.2) is 41.1 Å². The molecule has 0 aliphatic heterocycles. The molecule has 0 aliphatic carbocycles. The van der Waals surface area contributed by atoms with Gasteiger partial charge in [0, 0.05) is 17.1 Å². The average molecular weight is 240 g/mol. The van der Waals surface area contributed by atoms with Gasteiger partial charge in [-0.05, 0) is 31.2 Å². The highest BCUT2D eigenvalue weighted by Gasteiger charge is 2.11. The summed E-state index contributed by atoms with van der Waals surface area (Å²) in [4.78, 5) is 8.53. The van der Waals surface area contributed by atoms with Crippen molar-refractivity contribution in [3.63, 3.8) is 0 Å².